The van der Waals surface area contributed by atoms with E-state index >= 15 is 0 Å². The fraction of sp³-hybridized carbons (Fsp3) is 0.300. The number of alkyl halides is 3. The second-order valence-electron chi connectivity index (χ2n) is 10.3. The van der Waals surface area contributed by atoms with E-state index in [0.717, 1.165) is 30.8 Å². The Morgan fingerprint density at radius 1 is 1.00 bits per heavy atom. The number of carbonyl (C=O) groups excluding carboxylic acids is 1. The largest absolute Gasteiger partial charge is 0.419 e. The lowest BCUT2D eigenvalue weighted by atomic mass is 10.0. The predicted molar refractivity (Wildman–Crippen MR) is 146 cm³/mol. The van der Waals surface area contributed by atoms with Gasteiger partial charge in [0.1, 0.15) is 5.82 Å². The molecule has 0 atom stereocenters. The van der Waals surface area contributed by atoms with E-state index in [1.807, 2.05) is 6.07 Å². The average molecular weight is 577 g/mol. The fourth-order valence-corrected chi connectivity index (χ4v) is 4.80. The van der Waals surface area contributed by atoms with E-state index < -0.39 is 23.5 Å². The van der Waals surface area contributed by atoms with Gasteiger partial charge in [0.05, 0.1) is 22.2 Å². The number of nitrogens with one attached hydrogen (secondary N) is 1. The molecule has 2 aliphatic rings. The number of carbonyl (C=O) groups is 1. The Morgan fingerprint density at radius 2 is 1.74 bits per heavy atom. The summed E-state index contributed by atoms with van der Waals surface area (Å²) in [7, 11) is 0. The third-order valence-electron chi connectivity index (χ3n) is 7.31. The van der Waals surface area contributed by atoms with Crippen LogP contribution in [-0.4, -0.2) is 57.2 Å². The maximum absolute atomic E-state index is 14.9. The lowest BCUT2D eigenvalue weighted by molar-refractivity contribution is -0.138. The van der Waals surface area contributed by atoms with Crippen LogP contribution in [0.3, 0.4) is 0 Å². The third kappa shape index (κ3) is 5.81. The summed E-state index contributed by atoms with van der Waals surface area (Å²) in [6, 6.07) is 9.63. The van der Waals surface area contributed by atoms with Crippen molar-refractivity contribution >= 4 is 22.6 Å². The summed E-state index contributed by atoms with van der Waals surface area (Å²) >= 11 is 0. The van der Waals surface area contributed by atoms with Crippen molar-refractivity contribution in [3.05, 3.63) is 92.9 Å². The molecule has 2 aromatic carbocycles. The molecular weight excluding hydrogens is 552 g/mol. The Labute approximate surface area is 237 Å². The highest BCUT2D eigenvalue weighted by Crippen LogP contribution is 2.29. The number of nitrogens with zero attached hydrogens (tertiary/aromatic N) is 5. The van der Waals surface area contributed by atoms with Gasteiger partial charge >= 0.3 is 6.18 Å². The molecule has 0 spiro atoms. The average Bonchev–Trinajstić information content (AvgIpc) is 3.82. The quantitative estimate of drug-likeness (QED) is 0.289. The molecule has 0 unspecified atom stereocenters. The van der Waals surface area contributed by atoms with Gasteiger partial charge in [-0.15, -0.1) is 0 Å². The first kappa shape index (κ1) is 27.4. The summed E-state index contributed by atoms with van der Waals surface area (Å²) in [6.45, 7) is 0.975. The zero-order valence-electron chi connectivity index (χ0n) is 22.2. The molecule has 12 heteroatoms. The Hall–Kier alpha value is -4.79. The van der Waals surface area contributed by atoms with Crippen LogP contribution in [0.5, 0.6) is 0 Å². The zero-order chi connectivity index (χ0) is 29.4. The Kier molecular flexibility index (Phi) is 7.10. The van der Waals surface area contributed by atoms with E-state index in [1.165, 1.54) is 17.0 Å². The normalized spacial score (nSPS) is 15.4. The van der Waals surface area contributed by atoms with Gasteiger partial charge < -0.3 is 9.80 Å². The van der Waals surface area contributed by atoms with Crippen LogP contribution in [0.1, 0.15) is 45.6 Å². The van der Waals surface area contributed by atoms with Crippen molar-refractivity contribution in [3.8, 4) is 11.8 Å². The smallest absolute Gasteiger partial charge is 0.337 e. The number of hydrogen-bond donors (Lipinski definition) is 1. The lowest BCUT2D eigenvalue weighted by Crippen LogP contribution is -2.49. The number of rotatable bonds is 4. The van der Waals surface area contributed by atoms with Crippen LogP contribution in [0.15, 0.2) is 53.6 Å². The minimum Gasteiger partial charge on any atom is -0.337 e. The first-order chi connectivity index (χ1) is 20.2. The molecule has 1 aliphatic heterocycles. The molecule has 1 amide bonds. The third-order valence-corrected chi connectivity index (χ3v) is 7.31. The Bertz CT molecular complexity index is 1780. The minimum absolute atomic E-state index is 0.101. The molecule has 0 radical (unpaired) electrons. The topological polar surface area (TPSA) is 95.1 Å². The number of halogens is 4. The van der Waals surface area contributed by atoms with Crippen LogP contribution >= 0.6 is 0 Å². The molecule has 6 rings (SSSR count). The van der Waals surface area contributed by atoms with Gasteiger partial charge in [0.25, 0.3) is 11.5 Å². The van der Waals surface area contributed by atoms with Gasteiger partial charge in [-0.25, -0.2) is 19.5 Å². The predicted octanol–water partition coefficient (Wildman–Crippen LogP) is 4.19. The van der Waals surface area contributed by atoms with E-state index in [0.29, 0.717) is 27.9 Å². The lowest BCUT2D eigenvalue weighted by Gasteiger charge is -2.34. The Balaban J connectivity index is 1.18. The molecule has 1 N–H and O–H groups in total. The van der Waals surface area contributed by atoms with Gasteiger partial charge in [-0.3, -0.25) is 9.59 Å². The van der Waals surface area contributed by atoms with Gasteiger partial charge in [-0.1, -0.05) is 17.9 Å². The molecule has 2 aromatic heterocycles. The van der Waals surface area contributed by atoms with Crippen LogP contribution in [0.2, 0.25) is 0 Å². The highest BCUT2D eigenvalue weighted by atomic mass is 19.4. The molecule has 1 aliphatic carbocycles. The van der Waals surface area contributed by atoms with Crippen LogP contribution in [0, 0.1) is 23.6 Å². The van der Waals surface area contributed by atoms with Crippen molar-refractivity contribution in [2.75, 3.05) is 31.1 Å². The van der Waals surface area contributed by atoms with Crippen molar-refractivity contribution in [1.29, 1.82) is 0 Å². The fourth-order valence-electron chi connectivity index (χ4n) is 4.80. The molecule has 2 fully saturated rings. The van der Waals surface area contributed by atoms with Gasteiger partial charge in [0, 0.05) is 61.9 Å². The molecule has 214 valence electrons. The van der Waals surface area contributed by atoms with E-state index in [4.69, 9.17) is 0 Å². The SMILES string of the molecule is O=C(c1cc(Cc2n[nH]c(=O)c3ccc(C#CC4CC4)cc23)ccc1F)N1CCN(c2ncc(C(F)(F)F)cn2)CC1. The van der Waals surface area contributed by atoms with Gasteiger partial charge in [-0.2, -0.15) is 18.3 Å². The standard InChI is InChI=1S/C30H24F4N6O2/c31-25-8-6-20(15-26-23-13-19(4-3-18-1-2-18)5-7-22(23)27(41)38-37-26)14-24(25)28(42)39-9-11-40(12-10-39)29-35-16-21(17-36-29)30(32,33)34/h5-8,13-14,16-18H,1-2,9-12,15H2,(H,38,41). The van der Waals surface area contributed by atoms with Gasteiger partial charge in [0.15, 0.2) is 0 Å². The number of H-pyrrole nitrogens is 1. The minimum atomic E-state index is -4.53. The van der Waals surface area contributed by atoms with Gasteiger partial charge in [-0.05, 0) is 48.7 Å². The molecule has 8 nitrogen and oxygen atoms in total. The molecular formula is C30H24F4N6O2. The first-order valence-electron chi connectivity index (χ1n) is 13.4. The van der Waals surface area contributed by atoms with Crippen LogP contribution in [0.25, 0.3) is 10.8 Å². The molecule has 1 saturated carbocycles. The summed E-state index contributed by atoms with van der Waals surface area (Å²) in [5.74, 6) is 5.74. The summed E-state index contributed by atoms with van der Waals surface area (Å²) in [5.41, 5.74) is 0.603. The summed E-state index contributed by atoms with van der Waals surface area (Å²) < 4.78 is 53.3. The molecule has 0 bridgehead atoms. The number of hydrogen-bond acceptors (Lipinski definition) is 6. The van der Waals surface area contributed by atoms with Crippen LogP contribution < -0.4 is 10.5 Å². The number of anilines is 1. The van der Waals surface area contributed by atoms with E-state index in [2.05, 4.69) is 32.0 Å². The van der Waals surface area contributed by atoms with Crippen molar-refractivity contribution in [2.24, 2.45) is 5.92 Å². The molecule has 1 saturated heterocycles. The van der Waals surface area contributed by atoms with E-state index in [9.17, 15) is 27.2 Å². The molecule has 4 aromatic rings. The second kappa shape index (κ2) is 10.9. The number of benzene rings is 2. The monoisotopic (exact) mass is 576 g/mol. The number of amides is 1. The van der Waals surface area contributed by atoms with E-state index in [-0.39, 0.29) is 49.7 Å². The molecule has 3 heterocycles. The summed E-state index contributed by atoms with van der Waals surface area (Å²) in [5, 5.41) is 7.85. The Morgan fingerprint density at radius 3 is 2.43 bits per heavy atom. The summed E-state index contributed by atoms with van der Waals surface area (Å²) in [6.07, 6.45) is -0.639. The number of aromatic amines is 1. The second-order valence-corrected chi connectivity index (χ2v) is 10.3. The first-order valence-corrected chi connectivity index (χ1v) is 13.4. The summed E-state index contributed by atoms with van der Waals surface area (Å²) in [4.78, 5) is 36.5. The number of fused-ring (bicyclic) bond motifs is 1. The maximum atomic E-state index is 14.9. The molecule has 42 heavy (non-hydrogen) atoms. The van der Waals surface area contributed by atoms with Crippen LogP contribution in [-0.2, 0) is 12.6 Å². The van der Waals surface area contributed by atoms with Crippen molar-refractivity contribution in [3.63, 3.8) is 0 Å². The number of piperazine rings is 1. The van der Waals surface area contributed by atoms with Crippen molar-refractivity contribution < 1.29 is 22.4 Å². The van der Waals surface area contributed by atoms with Crippen molar-refractivity contribution in [2.45, 2.75) is 25.4 Å². The van der Waals surface area contributed by atoms with Crippen molar-refractivity contribution in [1.82, 2.24) is 25.1 Å². The van der Waals surface area contributed by atoms with E-state index in [1.54, 1.807) is 23.1 Å². The highest BCUT2D eigenvalue weighted by Gasteiger charge is 2.32. The van der Waals surface area contributed by atoms with Crippen LogP contribution in [0.4, 0.5) is 23.5 Å². The zero-order valence-corrected chi connectivity index (χ0v) is 22.2. The maximum Gasteiger partial charge on any atom is 0.419 e. The highest BCUT2D eigenvalue weighted by molar-refractivity contribution is 5.95. The van der Waals surface area contributed by atoms with Gasteiger partial charge in [0.2, 0.25) is 5.95 Å². The number of aromatic nitrogens is 4.